The highest BCUT2D eigenvalue weighted by atomic mass is 79.9. The quantitative estimate of drug-likeness (QED) is 0.232. The number of carboxylic acids is 1. The number of halogens is 6. The number of amides is 1. The average Bonchev–Trinajstić information content (AvgIpc) is 2.85. The van der Waals surface area contributed by atoms with Crippen LogP contribution >= 0.6 is 15.9 Å². The van der Waals surface area contributed by atoms with E-state index in [4.69, 9.17) is 5.11 Å². The van der Waals surface area contributed by atoms with Crippen molar-refractivity contribution in [3.8, 4) is 0 Å². The zero-order chi connectivity index (χ0) is 27.9. The highest BCUT2D eigenvalue weighted by Crippen LogP contribution is 2.35. The topological polar surface area (TPSA) is 95.0 Å². The molecule has 0 saturated carbocycles. The average molecular weight is 619 g/mol. The molecule has 1 fully saturated rings. The standard InChI is InChI=1S/C24H16BrF5N2O5S/c25-14-5-1-12(2-6-14)11-31(15-7-3-13(4-8-15)24(34)35)23(33)16-9-10-32(16)38(36,37)22-20(29)18(27)17(26)19(28)21(22)30/h1-8,16H,9-11H2,(H,34,35)/t16-/m1/s1. The monoisotopic (exact) mass is 618 g/mol. The number of hydrogen-bond acceptors (Lipinski definition) is 4. The number of carbonyl (C=O) groups is 2. The second kappa shape index (κ2) is 10.4. The van der Waals surface area contributed by atoms with Gasteiger partial charge in [-0.15, -0.1) is 0 Å². The maximum Gasteiger partial charge on any atom is 0.335 e. The third kappa shape index (κ3) is 4.90. The first kappa shape index (κ1) is 27.7. The first-order valence-corrected chi connectivity index (χ1v) is 13.0. The van der Waals surface area contributed by atoms with Crippen LogP contribution in [0.1, 0.15) is 22.3 Å². The number of carbonyl (C=O) groups excluding carboxylic acids is 1. The van der Waals surface area contributed by atoms with Crippen LogP contribution in [0, 0.1) is 29.1 Å². The van der Waals surface area contributed by atoms with Crippen LogP contribution in [-0.2, 0) is 21.4 Å². The smallest absolute Gasteiger partial charge is 0.335 e. The third-order valence-electron chi connectivity index (χ3n) is 5.94. The second-order valence-corrected chi connectivity index (χ2v) is 11.0. The fourth-order valence-electron chi connectivity index (χ4n) is 3.86. The van der Waals surface area contributed by atoms with Crippen LogP contribution in [0.25, 0.3) is 0 Å². The van der Waals surface area contributed by atoms with Gasteiger partial charge < -0.3 is 10.0 Å². The van der Waals surface area contributed by atoms with Crippen molar-refractivity contribution >= 4 is 43.5 Å². The van der Waals surface area contributed by atoms with E-state index >= 15 is 0 Å². The van der Waals surface area contributed by atoms with E-state index in [1.807, 2.05) is 0 Å². The van der Waals surface area contributed by atoms with Gasteiger partial charge in [0.05, 0.1) is 12.1 Å². The van der Waals surface area contributed by atoms with Gasteiger partial charge in [0, 0.05) is 16.7 Å². The van der Waals surface area contributed by atoms with E-state index in [-0.39, 0.29) is 24.2 Å². The molecule has 7 nitrogen and oxygen atoms in total. The molecule has 14 heteroatoms. The van der Waals surface area contributed by atoms with Crippen molar-refractivity contribution in [3.63, 3.8) is 0 Å². The molecule has 1 aliphatic rings. The van der Waals surface area contributed by atoms with Crippen molar-refractivity contribution in [1.82, 2.24) is 4.31 Å². The summed E-state index contributed by atoms with van der Waals surface area (Å²) in [6.07, 6.45) is -0.0997. The molecule has 1 heterocycles. The minimum atomic E-state index is -5.33. The Morgan fingerprint density at radius 2 is 1.42 bits per heavy atom. The van der Waals surface area contributed by atoms with Gasteiger partial charge in [0.1, 0.15) is 6.04 Å². The normalized spacial score (nSPS) is 15.7. The van der Waals surface area contributed by atoms with Gasteiger partial charge in [-0.3, -0.25) is 4.79 Å². The van der Waals surface area contributed by atoms with Crippen LogP contribution in [0.2, 0.25) is 0 Å². The lowest BCUT2D eigenvalue weighted by Gasteiger charge is -2.41. The zero-order valence-electron chi connectivity index (χ0n) is 19.0. The zero-order valence-corrected chi connectivity index (χ0v) is 21.4. The number of sulfonamides is 1. The number of aromatic carboxylic acids is 1. The summed E-state index contributed by atoms with van der Waals surface area (Å²) in [4.78, 5) is 23.9. The summed E-state index contributed by atoms with van der Waals surface area (Å²) in [5.41, 5.74) is 0.699. The fourth-order valence-corrected chi connectivity index (χ4v) is 5.87. The largest absolute Gasteiger partial charge is 0.478 e. The lowest BCUT2D eigenvalue weighted by Crippen LogP contribution is -2.59. The number of nitrogens with zero attached hydrogens (tertiary/aromatic N) is 2. The van der Waals surface area contributed by atoms with Crippen molar-refractivity contribution in [3.05, 3.63) is 93.2 Å². The van der Waals surface area contributed by atoms with Gasteiger partial charge in [-0.25, -0.2) is 35.2 Å². The van der Waals surface area contributed by atoms with Crippen LogP contribution in [0.15, 0.2) is 57.9 Å². The van der Waals surface area contributed by atoms with Crippen molar-refractivity contribution in [1.29, 1.82) is 0 Å². The molecule has 1 atom stereocenters. The minimum Gasteiger partial charge on any atom is -0.478 e. The number of rotatable bonds is 7. The SMILES string of the molecule is O=C(O)c1ccc(N(Cc2ccc(Br)cc2)C(=O)[C@H]2CCN2S(=O)(=O)c2c(F)c(F)c(F)c(F)c2F)cc1. The van der Waals surface area contributed by atoms with Crippen LogP contribution in [0.5, 0.6) is 0 Å². The number of carboxylic acid groups (broad SMARTS) is 1. The molecule has 1 N–H and O–H groups in total. The second-order valence-electron chi connectivity index (χ2n) is 8.22. The molecule has 1 saturated heterocycles. The first-order valence-electron chi connectivity index (χ1n) is 10.8. The summed E-state index contributed by atoms with van der Waals surface area (Å²) in [6, 6.07) is 10.3. The van der Waals surface area contributed by atoms with Crippen molar-refractivity contribution in [2.45, 2.75) is 23.9 Å². The van der Waals surface area contributed by atoms with Crippen molar-refractivity contribution in [2.75, 3.05) is 11.4 Å². The predicted octanol–water partition coefficient (Wildman–Crippen LogP) is 4.84. The highest BCUT2D eigenvalue weighted by molar-refractivity contribution is 9.10. The number of benzene rings is 3. The fraction of sp³-hybridized carbons (Fsp3) is 0.167. The van der Waals surface area contributed by atoms with Crippen LogP contribution in [0.3, 0.4) is 0 Å². The van der Waals surface area contributed by atoms with E-state index in [0.29, 0.717) is 9.87 Å². The molecule has 3 aromatic rings. The molecule has 1 amide bonds. The Bertz CT molecular complexity index is 1510. The molecule has 4 rings (SSSR count). The van der Waals surface area contributed by atoms with E-state index in [9.17, 15) is 40.0 Å². The van der Waals surface area contributed by atoms with Crippen molar-refractivity contribution in [2.24, 2.45) is 0 Å². The lowest BCUT2D eigenvalue weighted by molar-refractivity contribution is -0.125. The van der Waals surface area contributed by atoms with E-state index in [1.165, 1.54) is 24.3 Å². The molecule has 0 unspecified atom stereocenters. The molecule has 38 heavy (non-hydrogen) atoms. The Hall–Kier alpha value is -3.36. The van der Waals surface area contributed by atoms with Gasteiger partial charge in [0.2, 0.25) is 21.7 Å². The molecule has 0 spiro atoms. The number of anilines is 1. The number of hydrogen-bond donors (Lipinski definition) is 1. The first-order chi connectivity index (χ1) is 17.8. The van der Waals surface area contributed by atoms with E-state index in [0.717, 1.165) is 9.37 Å². The van der Waals surface area contributed by atoms with Crippen molar-refractivity contribution < 1.29 is 45.1 Å². The Kier molecular flexibility index (Phi) is 7.59. The summed E-state index contributed by atoms with van der Waals surface area (Å²) in [5, 5.41) is 9.16. The van der Waals surface area contributed by atoms with Gasteiger partial charge >= 0.3 is 5.97 Å². The summed E-state index contributed by atoms with van der Waals surface area (Å²) in [6.45, 7) is -0.520. The summed E-state index contributed by atoms with van der Waals surface area (Å²) < 4.78 is 96.7. The molecule has 0 aliphatic carbocycles. The van der Waals surface area contributed by atoms with E-state index in [1.54, 1.807) is 24.3 Å². The van der Waals surface area contributed by atoms with Gasteiger partial charge in [-0.1, -0.05) is 28.1 Å². The minimum absolute atomic E-state index is 0.0797. The molecule has 0 radical (unpaired) electrons. The molecule has 200 valence electrons. The van der Waals surface area contributed by atoms with E-state index < -0.39 is 68.5 Å². The maximum absolute atomic E-state index is 14.3. The highest BCUT2D eigenvalue weighted by Gasteiger charge is 2.48. The Labute approximate surface area is 221 Å². The summed E-state index contributed by atoms with van der Waals surface area (Å²) in [7, 11) is -5.33. The molecule has 3 aromatic carbocycles. The maximum atomic E-state index is 14.3. The molecule has 0 aromatic heterocycles. The third-order valence-corrected chi connectivity index (χ3v) is 8.40. The molecule has 1 aliphatic heterocycles. The van der Waals surface area contributed by atoms with E-state index in [2.05, 4.69) is 15.9 Å². The molecular formula is C24H16BrF5N2O5S. The van der Waals surface area contributed by atoms with Crippen LogP contribution in [-0.4, -0.2) is 42.3 Å². The Balaban J connectivity index is 1.72. The lowest BCUT2D eigenvalue weighted by atomic mass is 10.0. The van der Waals surface area contributed by atoms with Gasteiger partial charge in [0.15, 0.2) is 28.2 Å². The predicted molar refractivity (Wildman–Crippen MR) is 127 cm³/mol. The van der Waals surface area contributed by atoms with Gasteiger partial charge in [0.25, 0.3) is 0 Å². The van der Waals surface area contributed by atoms with Crippen LogP contribution in [0.4, 0.5) is 27.6 Å². The molecule has 0 bridgehead atoms. The Morgan fingerprint density at radius 1 is 0.895 bits per heavy atom. The van der Waals surface area contributed by atoms with Gasteiger partial charge in [-0.2, -0.15) is 4.31 Å². The van der Waals surface area contributed by atoms with Crippen LogP contribution < -0.4 is 4.90 Å². The summed E-state index contributed by atoms with van der Waals surface area (Å²) >= 11 is 3.28. The van der Waals surface area contributed by atoms with Gasteiger partial charge in [-0.05, 0) is 48.4 Å². The summed E-state index contributed by atoms with van der Waals surface area (Å²) in [5.74, 6) is -14.5. The Morgan fingerprint density at radius 3 is 1.89 bits per heavy atom. The molecular weight excluding hydrogens is 603 g/mol.